The molecule has 0 saturated heterocycles. The van der Waals surface area contributed by atoms with Crippen LogP contribution >= 0.6 is 0 Å². The zero-order valence-electron chi connectivity index (χ0n) is 13.3. The van der Waals surface area contributed by atoms with Gasteiger partial charge < -0.3 is 10.6 Å². The van der Waals surface area contributed by atoms with Crippen LogP contribution in [0.5, 0.6) is 0 Å². The minimum Gasteiger partial charge on any atom is -0.375 e. The number of nitro benzene ring substituents is 1. The number of carbonyl (C=O) groups excluding carboxylic acids is 1. The molecule has 0 spiro atoms. The quantitative estimate of drug-likeness (QED) is 0.625. The lowest BCUT2D eigenvalue weighted by Crippen LogP contribution is -2.18. The molecule has 122 valence electrons. The standard InChI is InChI=1S/C15H19N5O3/c1-4-12-11(9-19(3)18-12)8-17-13-6-5-10(15(21)16-2)7-14(13)20(22)23/h5-7,9,17H,4,8H2,1-3H3,(H,16,21). The molecule has 0 saturated carbocycles. The van der Waals surface area contributed by atoms with E-state index in [4.69, 9.17) is 0 Å². The number of nitrogens with one attached hydrogen (secondary N) is 2. The lowest BCUT2D eigenvalue weighted by molar-refractivity contribution is -0.384. The molecule has 8 nitrogen and oxygen atoms in total. The van der Waals surface area contributed by atoms with E-state index in [0.717, 1.165) is 17.7 Å². The first-order valence-corrected chi connectivity index (χ1v) is 7.22. The van der Waals surface area contributed by atoms with E-state index in [-0.39, 0.29) is 17.2 Å². The minimum absolute atomic E-state index is 0.131. The first-order chi connectivity index (χ1) is 11.0. The van der Waals surface area contributed by atoms with E-state index in [1.165, 1.54) is 13.1 Å². The van der Waals surface area contributed by atoms with E-state index in [1.807, 2.05) is 20.2 Å². The van der Waals surface area contributed by atoms with Crippen molar-refractivity contribution in [2.24, 2.45) is 7.05 Å². The Morgan fingerprint density at radius 2 is 2.17 bits per heavy atom. The predicted molar refractivity (Wildman–Crippen MR) is 86.4 cm³/mol. The van der Waals surface area contributed by atoms with Crippen LogP contribution in [-0.4, -0.2) is 27.7 Å². The summed E-state index contributed by atoms with van der Waals surface area (Å²) in [4.78, 5) is 22.3. The molecule has 2 aromatic rings. The van der Waals surface area contributed by atoms with Crippen molar-refractivity contribution in [1.82, 2.24) is 15.1 Å². The molecule has 2 N–H and O–H groups in total. The lowest BCUT2D eigenvalue weighted by Gasteiger charge is -2.08. The number of aryl methyl sites for hydroxylation is 2. The zero-order chi connectivity index (χ0) is 17.0. The summed E-state index contributed by atoms with van der Waals surface area (Å²) in [6, 6.07) is 4.37. The third-order valence-electron chi connectivity index (χ3n) is 3.48. The van der Waals surface area contributed by atoms with Crippen molar-refractivity contribution in [1.29, 1.82) is 0 Å². The van der Waals surface area contributed by atoms with Crippen LogP contribution in [0.1, 0.15) is 28.5 Å². The van der Waals surface area contributed by atoms with E-state index >= 15 is 0 Å². The van der Waals surface area contributed by atoms with Crippen molar-refractivity contribution >= 4 is 17.3 Å². The summed E-state index contributed by atoms with van der Waals surface area (Å²) in [7, 11) is 3.32. The molecule has 1 aromatic heterocycles. The van der Waals surface area contributed by atoms with E-state index in [9.17, 15) is 14.9 Å². The molecule has 0 bridgehead atoms. The second-order valence-corrected chi connectivity index (χ2v) is 5.05. The molecule has 2 rings (SSSR count). The number of aromatic nitrogens is 2. The van der Waals surface area contributed by atoms with Crippen molar-refractivity contribution in [2.75, 3.05) is 12.4 Å². The molecule has 0 aliphatic rings. The van der Waals surface area contributed by atoms with Gasteiger partial charge in [-0.25, -0.2) is 0 Å². The van der Waals surface area contributed by atoms with Gasteiger partial charge in [-0.15, -0.1) is 0 Å². The monoisotopic (exact) mass is 317 g/mol. The maximum atomic E-state index is 11.6. The summed E-state index contributed by atoms with van der Waals surface area (Å²) in [6.07, 6.45) is 2.67. The largest absolute Gasteiger partial charge is 0.375 e. The smallest absolute Gasteiger partial charge is 0.293 e. The molecule has 1 heterocycles. The molecule has 1 amide bonds. The molecule has 23 heavy (non-hydrogen) atoms. The van der Waals surface area contributed by atoms with Crippen LogP contribution in [0.15, 0.2) is 24.4 Å². The van der Waals surface area contributed by atoms with Crippen LogP contribution < -0.4 is 10.6 Å². The van der Waals surface area contributed by atoms with Crippen LogP contribution in [0, 0.1) is 10.1 Å². The van der Waals surface area contributed by atoms with Gasteiger partial charge in [-0.05, 0) is 18.6 Å². The highest BCUT2D eigenvalue weighted by molar-refractivity contribution is 5.95. The number of anilines is 1. The summed E-state index contributed by atoms with van der Waals surface area (Å²) in [5, 5.41) is 21.1. The Balaban J connectivity index is 2.25. The molecule has 1 aromatic carbocycles. The fourth-order valence-electron chi connectivity index (χ4n) is 2.34. The van der Waals surface area contributed by atoms with Gasteiger partial charge in [-0.1, -0.05) is 6.92 Å². The van der Waals surface area contributed by atoms with E-state index < -0.39 is 4.92 Å². The number of nitrogens with zero attached hydrogens (tertiary/aromatic N) is 3. The molecular weight excluding hydrogens is 298 g/mol. The fraction of sp³-hybridized carbons (Fsp3) is 0.333. The van der Waals surface area contributed by atoms with Gasteiger partial charge in [-0.2, -0.15) is 5.10 Å². The highest BCUT2D eigenvalue weighted by Crippen LogP contribution is 2.26. The SMILES string of the molecule is CCc1nn(C)cc1CNc1ccc(C(=O)NC)cc1[N+](=O)[O-]. The number of nitro groups is 1. The van der Waals surface area contributed by atoms with E-state index in [0.29, 0.717) is 12.2 Å². The van der Waals surface area contributed by atoms with Gasteiger partial charge in [0.25, 0.3) is 11.6 Å². The van der Waals surface area contributed by atoms with Crippen LogP contribution in [0.25, 0.3) is 0 Å². The van der Waals surface area contributed by atoms with Crippen LogP contribution in [-0.2, 0) is 20.0 Å². The zero-order valence-corrected chi connectivity index (χ0v) is 13.3. The summed E-state index contributed by atoms with van der Waals surface area (Å²) >= 11 is 0. The summed E-state index contributed by atoms with van der Waals surface area (Å²) < 4.78 is 1.72. The third-order valence-corrected chi connectivity index (χ3v) is 3.48. The van der Waals surface area contributed by atoms with Gasteiger partial charge >= 0.3 is 0 Å². The number of hydrogen-bond donors (Lipinski definition) is 2. The first kappa shape index (κ1) is 16.5. The third kappa shape index (κ3) is 3.65. The normalized spacial score (nSPS) is 10.4. The Bertz CT molecular complexity index is 739. The van der Waals surface area contributed by atoms with E-state index in [1.54, 1.807) is 16.8 Å². The maximum absolute atomic E-state index is 11.6. The summed E-state index contributed by atoms with van der Waals surface area (Å²) in [5.41, 5.74) is 2.42. The predicted octanol–water partition coefficient (Wildman–Crippen LogP) is 1.86. The van der Waals surface area contributed by atoms with Crippen LogP contribution in [0.4, 0.5) is 11.4 Å². The first-order valence-electron chi connectivity index (χ1n) is 7.22. The van der Waals surface area contributed by atoms with Gasteiger partial charge in [0.1, 0.15) is 5.69 Å². The van der Waals surface area contributed by atoms with Crippen molar-refractivity contribution in [3.63, 3.8) is 0 Å². The number of benzene rings is 1. The van der Waals surface area contributed by atoms with Gasteiger partial charge in [0.15, 0.2) is 0 Å². The molecule has 0 aliphatic carbocycles. The highest BCUT2D eigenvalue weighted by Gasteiger charge is 2.17. The van der Waals surface area contributed by atoms with Gasteiger partial charge in [-0.3, -0.25) is 19.6 Å². The Hall–Kier alpha value is -2.90. The summed E-state index contributed by atoms with van der Waals surface area (Å²) in [5.74, 6) is -0.361. The summed E-state index contributed by atoms with van der Waals surface area (Å²) in [6.45, 7) is 2.43. The number of hydrogen-bond acceptors (Lipinski definition) is 5. The molecule has 0 radical (unpaired) electrons. The van der Waals surface area contributed by atoms with Crippen molar-refractivity contribution in [3.8, 4) is 0 Å². The maximum Gasteiger partial charge on any atom is 0.293 e. The Labute approximate surface area is 133 Å². The Morgan fingerprint density at radius 3 is 2.78 bits per heavy atom. The second kappa shape index (κ2) is 6.91. The minimum atomic E-state index is -0.501. The Kier molecular flexibility index (Phi) is 4.95. The van der Waals surface area contributed by atoms with Crippen molar-refractivity contribution in [2.45, 2.75) is 19.9 Å². The molecule has 0 fully saturated rings. The number of amides is 1. The highest BCUT2D eigenvalue weighted by atomic mass is 16.6. The van der Waals surface area contributed by atoms with Gasteiger partial charge in [0.05, 0.1) is 10.6 Å². The number of carbonyl (C=O) groups is 1. The average molecular weight is 317 g/mol. The van der Waals surface area contributed by atoms with E-state index in [2.05, 4.69) is 15.7 Å². The Morgan fingerprint density at radius 1 is 1.43 bits per heavy atom. The van der Waals surface area contributed by atoms with Crippen LogP contribution in [0.3, 0.4) is 0 Å². The molecule has 0 aliphatic heterocycles. The number of rotatable bonds is 6. The van der Waals surface area contributed by atoms with Gasteiger partial charge in [0, 0.05) is 44.0 Å². The molecule has 0 unspecified atom stereocenters. The molecular formula is C15H19N5O3. The fourth-order valence-corrected chi connectivity index (χ4v) is 2.34. The molecule has 0 atom stereocenters. The van der Waals surface area contributed by atoms with Crippen LogP contribution in [0.2, 0.25) is 0 Å². The average Bonchev–Trinajstić information content (AvgIpc) is 2.91. The molecule has 8 heteroatoms. The lowest BCUT2D eigenvalue weighted by atomic mass is 10.1. The topological polar surface area (TPSA) is 102 Å². The van der Waals surface area contributed by atoms with Crippen molar-refractivity contribution < 1.29 is 9.72 Å². The second-order valence-electron chi connectivity index (χ2n) is 5.05. The van der Waals surface area contributed by atoms with Gasteiger partial charge in [0.2, 0.25) is 0 Å². The van der Waals surface area contributed by atoms with Crippen molar-refractivity contribution in [3.05, 3.63) is 51.3 Å².